The van der Waals surface area contributed by atoms with E-state index in [2.05, 4.69) is 6.58 Å². The van der Waals surface area contributed by atoms with E-state index in [1.807, 2.05) is 6.92 Å². The zero-order chi connectivity index (χ0) is 13.1. The Bertz CT molecular complexity index is 207. The van der Waals surface area contributed by atoms with E-state index >= 15 is 0 Å². The summed E-state index contributed by atoms with van der Waals surface area (Å²) < 4.78 is 20.5. The predicted molar refractivity (Wildman–Crippen MR) is 63.5 cm³/mol. The number of hydrogen-bond donors (Lipinski definition) is 0. The van der Waals surface area contributed by atoms with Crippen LogP contribution in [0.2, 0.25) is 0 Å². The number of carbonyl (C=O) groups excluding carboxylic acids is 1. The Morgan fingerprint density at radius 3 is 2.24 bits per heavy atom. The maximum Gasteiger partial charge on any atom is 0.147 e. The molecule has 0 aromatic rings. The molecule has 5 nitrogen and oxygen atoms in total. The second-order valence-corrected chi connectivity index (χ2v) is 3.65. The average molecular weight is 246 g/mol. The molecular weight excluding hydrogens is 224 g/mol. The number of ether oxygens (including phenoxy) is 4. The maximum absolute atomic E-state index is 10.6. The number of hydrogen-bond acceptors (Lipinski definition) is 5. The number of carbonyl (C=O) groups is 1. The fraction of sp³-hybridized carbons (Fsp3) is 0.750. The summed E-state index contributed by atoms with van der Waals surface area (Å²) in [5, 5.41) is 0. The first kappa shape index (κ1) is 16.2. The Kier molecular flexibility index (Phi) is 9.95. The van der Waals surface area contributed by atoms with Crippen LogP contribution in [0, 0.1) is 5.92 Å². The van der Waals surface area contributed by atoms with E-state index in [-0.39, 0.29) is 31.7 Å². The summed E-state index contributed by atoms with van der Waals surface area (Å²) in [4.78, 5) is 10.6. The first-order valence-electron chi connectivity index (χ1n) is 5.48. The molecule has 0 heterocycles. The lowest BCUT2D eigenvalue weighted by atomic mass is 9.96. The third-order valence-electron chi connectivity index (χ3n) is 2.44. The molecule has 0 aliphatic carbocycles. The third-order valence-corrected chi connectivity index (χ3v) is 2.44. The molecule has 0 unspecified atom stereocenters. The highest BCUT2D eigenvalue weighted by Gasteiger charge is 2.25. The van der Waals surface area contributed by atoms with Gasteiger partial charge in [0.05, 0.1) is 12.2 Å². The Morgan fingerprint density at radius 2 is 1.76 bits per heavy atom. The highest BCUT2D eigenvalue weighted by atomic mass is 16.7. The largest absolute Gasteiger partial charge is 0.359 e. The van der Waals surface area contributed by atoms with E-state index in [1.165, 1.54) is 7.11 Å². The van der Waals surface area contributed by atoms with Gasteiger partial charge in [0.25, 0.3) is 0 Å². The topological polar surface area (TPSA) is 54.0 Å². The molecule has 5 heteroatoms. The first-order valence-corrected chi connectivity index (χ1v) is 5.48. The van der Waals surface area contributed by atoms with Crippen molar-refractivity contribution in [3.05, 3.63) is 12.7 Å². The maximum atomic E-state index is 10.6. The molecule has 0 saturated carbocycles. The van der Waals surface area contributed by atoms with Gasteiger partial charge in [0.15, 0.2) is 0 Å². The molecule has 3 atom stereocenters. The minimum atomic E-state index is -0.257. The summed E-state index contributed by atoms with van der Waals surface area (Å²) in [6, 6.07) is 0. The van der Waals surface area contributed by atoms with Gasteiger partial charge in [-0.15, -0.1) is 6.58 Å². The second-order valence-electron chi connectivity index (χ2n) is 3.65. The van der Waals surface area contributed by atoms with Gasteiger partial charge in [-0.05, 0) is 0 Å². The lowest BCUT2D eigenvalue weighted by Gasteiger charge is -2.27. The van der Waals surface area contributed by atoms with Crippen LogP contribution in [0.25, 0.3) is 0 Å². The van der Waals surface area contributed by atoms with Crippen molar-refractivity contribution in [1.82, 2.24) is 0 Å². The van der Waals surface area contributed by atoms with Crippen molar-refractivity contribution in [2.24, 2.45) is 5.92 Å². The summed E-state index contributed by atoms with van der Waals surface area (Å²) in [5.41, 5.74) is 0. The summed E-state index contributed by atoms with van der Waals surface area (Å²) in [6.07, 6.45) is 2.32. The second kappa shape index (κ2) is 10.4. The van der Waals surface area contributed by atoms with Crippen LogP contribution in [0.1, 0.15) is 13.3 Å². The Morgan fingerprint density at radius 1 is 1.18 bits per heavy atom. The molecule has 0 aromatic heterocycles. The summed E-state index contributed by atoms with van der Waals surface area (Å²) in [5.74, 6) is -0.0111. The van der Waals surface area contributed by atoms with Crippen molar-refractivity contribution in [2.75, 3.05) is 27.8 Å². The van der Waals surface area contributed by atoms with E-state index in [0.717, 1.165) is 6.29 Å². The van der Waals surface area contributed by atoms with Crippen LogP contribution in [-0.2, 0) is 23.7 Å². The van der Waals surface area contributed by atoms with Gasteiger partial charge < -0.3 is 23.7 Å². The highest BCUT2D eigenvalue weighted by Crippen LogP contribution is 2.18. The van der Waals surface area contributed by atoms with E-state index in [9.17, 15) is 4.79 Å². The van der Waals surface area contributed by atoms with E-state index < -0.39 is 0 Å². The molecule has 0 aromatic carbocycles. The molecule has 0 saturated heterocycles. The normalized spacial score (nSPS) is 16.2. The number of rotatable bonds is 11. The van der Waals surface area contributed by atoms with E-state index in [4.69, 9.17) is 18.9 Å². The third kappa shape index (κ3) is 6.53. The molecule has 17 heavy (non-hydrogen) atoms. The molecule has 0 fully saturated rings. The number of aldehydes is 1. The molecule has 0 amide bonds. The van der Waals surface area contributed by atoms with Crippen LogP contribution in [0.4, 0.5) is 0 Å². The van der Waals surface area contributed by atoms with Gasteiger partial charge in [0.2, 0.25) is 0 Å². The van der Waals surface area contributed by atoms with Crippen molar-refractivity contribution in [3.63, 3.8) is 0 Å². The van der Waals surface area contributed by atoms with Crippen LogP contribution in [0.3, 0.4) is 0 Å². The minimum absolute atomic E-state index is 0.0111. The quantitative estimate of drug-likeness (QED) is 0.313. The fourth-order valence-corrected chi connectivity index (χ4v) is 1.48. The van der Waals surface area contributed by atoms with Gasteiger partial charge in [0, 0.05) is 26.6 Å². The SMILES string of the molecule is C=C[C@@H](OCOC)[C@H](C)[C@@H](CC=O)OCOC. The molecule has 0 radical (unpaired) electrons. The monoisotopic (exact) mass is 246 g/mol. The molecular formula is C12H22O5. The smallest absolute Gasteiger partial charge is 0.147 e. The van der Waals surface area contributed by atoms with Gasteiger partial charge in [-0.1, -0.05) is 13.0 Å². The zero-order valence-corrected chi connectivity index (χ0v) is 10.8. The van der Waals surface area contributed by atoms with Crippen molar-refractivity contribution in [2.45, 2.75) is 25.6 Å². The Hall–Kier alpha value is -0.750. The summed E-state index contributed by atoms with van der Waals surface area (Å²) in [7, 11) is 3.09. The van der Waals surface area contributed by atoms with Crippen LogP contribution in [-0.4, -0.2) is 46.3 Å². The van der Waals surface area contributed by atoms with Crippen molar-refractivity contribution < 1.29 is 23.7 Å². The van der Waals surface area contributed by atoms with Crippen LogP contribution < -0.4 is 0 Å². The fourth-order valence-electron chi connectivity index (χ4n) is 1.48. The summed E-state index contributed by atoms with van der Waals surface area (Å²) in [6.45, 7) is 5.97. The van der Waals surface area contributed by atoms with Crippen LogP contribution in [0.15, 0.2) is 12.7 Å². The number of methoxy groups -OCH3 is 2. The van der Waals surface area contributed by atoms with Gasteiger partial charge in [0.1, 0.15) is 19.9 Å². The molecule has 0 spiro atoms. The van der Waals surface area contributed by atoms with Crippen molar-refractivity contribution in [1.29, 1.82) is 0 Å². The molecule has 0 aliphatic heterocycles. The van der Waals surface area contributed by atoms with Gasteiger partial charge in [-0.25, -0.2) is 0 Å². The van der Waals surface area contributed by atoms with Gasteiger partial charge in [-0.2, -0.15) is 0 Å². The van der Waals surface area contributed by atoms with Gasteiger partial charge >= 0.3 is 0 Å². The minimum Gasteiger partial charge on any atom is -0.359 e. The Labute approximate surface area is 103 Å². The van der Waals surface area contributed by atoms with Crippen LogP contribution >= 0.6 is 0 Å². The van der Waals surface area contributed by atoms with Crippen molar-refractivity contribution >= 4 is 6.29 Å². The standard InChI is InChI=1S/C12H22O5/c1-5-11(16-8-14-3)10(2)12(6-7-13)17-9-15-4/h5,7,10-12H,1,6,8-9H2,2-4H3/t10-,11+,12+/m0/s1. The molecule has 0 bridgehead atoms. The first-order chi connectivity index (χ1) is 8.21. The average Bonchev–Trinajstić information content (AvgIpc) is 2.35. The molecule has 100 valence electrons. The van der Waals surface area contributed by atoms with Crippen LogP contribution in [0.5, 0.6) is 0 Å². The van der Waals surface area contributed by atoms with Gasteiger partial charge in [-0.3, -0.25) is 0 Å². The van der Waals surface area contributed by atoms with E-state index in [1.54, 1.807) is 13.2 Å². The zero-order valence-electron chi connectivity index (χ0n) is 10.8. The predicted octanol–water partition coefficient (Wildman–Crippen LogP) is 1.38. The van der Waals surface area contributed by atoms with E-state index in [0.29, 0.717) is 6.42 Å². The molecule has 0 aliphatic rings. The highest BCUT2D eigenvalue weighted by molar-refractivity contribution is 5.50. The molecule has 0 N–H and O–H groups in total. The summed E-state index contributed by atoms with van der Waals surface area (Å²) >= 11 is 0. The lowest BCUT2D eigenvalue weighted by Crippen LogP contribution is -2.33. The Balaban J connectivity index is 4.36. The molecule has 0 rings (SSSR count). The van der Waals surface area contributed by atoms with Crippen molar-refractivity contribution in [3.8, 4) is 0 Å². The lowest BCUT2D eigenvalue weighted by molar-refractivity contribution is -0.135.